The zero-order chi connectivity index (χ0) is 19.5. The van der Waals surface area contributed by atoms with Crippen molar-refractivity contribution in [3.8, 4) is 17.2 Å². The van der Waals surface area contributed by atoms with E-state index in [-0.39, 0.29) is 23.3 Å². The number of anilines is 1. The summed E-state index contributed by atoms with van der Waals surface area (Å²) in [5.41, 5.74) is 6.16. The Morgan fingerprint density at radius 3 is 2.68 bits per heavy atom. The largest absolute Gasteiger partial charge is 0.351 e. The Morgan fingerprint density at radius 2 is 1.89 bits per heavy atom. The van der Waals surface area contributed by atoms with E-state index in [1.165, 1.54) is 10.6 Å². The van der Waals surface area contributed by atoms with Gasteiger partial charge < -0.3 is 11.1 Å². The van der Waals surface area contributed by atoms with E-state index in [1.807, 2.05) is 0 Å². The Labute approximate surface area is 161 Å². The monoisotopic (exact) mass is 380 g/mol. The van der Waals surface area contributed by atoms with Crippen molar-refractivity contribution in [3.05, 3.63) is 65.0 Å². The highest BCUT2D eigenvalue weighted by atomic mass is 19.1. The lowest BCUT2D eigenvalue weighted by Gasteiger charge is -2.26. The molecule has 144 valence electrons. The summed E-state index contributed by atoms with van der Waals surface area (Å²) in [7, 11) is 0. The van der Waals surface area contributed by atoms with E-state index in [9.17, 15) is 9.18 Å². The fourth-order valence-electron chi connectivity index (χ4n) is 3.37. The van der Waals surface area contributed by atoms with Crippen LogP contribution < -0.4 is 16.6 Å². The molecular formula is C20H21FN6O. The van der Waals surface area contributed by atoms with E-state index < -0.39 is 5.82 Å². The van der Waals surface area contributed by atoms with Gasteiger partial charge in [-0.2, -0.15) is 0 Å². The van der Waals surface area contributed by atoms with Crippen molar-refractivity contribution in [3.63, 3.8) is 0 Å². The van der Waals surface area contributed by atoms with Gasteiger partial charge in [-0.15, -0.1) is 0 Å². The summed E-state index contributed by atoms with van der Waals surface area (Å²) in [5, 5.41) is 3.27. The predicted molar refractivity (Wildman–Crippen MR) is 105 cm³/mol. The number of nitrogens with zero attached hydrogens (tertiary/aromatic N) is 4. The topological polar surface area (TPSA) is 98.7 Å². The van der Waals surface area contributed by atoms with Crippen LogP contribution in [0.25, 0.3) is 17.2 Å². The van der Waals surface area contributed by atoms with Gasteiger partial charge in [-0.05, 0) is 43.9 Å². The highest BCUT2D eigenvalue weighted by Crippen LogP contribution is 2.23. The van der Waals surface area contributed by atoms with Gasteiger partial charge in [-0.1, -0.05) is 12.1 Å². The fraction of sp³-hybridized carbons (Fsp3) is 0.300. The quantitative estimate of drug-likeness (QED) is 0.722. The van der Waals surface area contributed by atoms with Crippen LogP contribution >= 0.6 is 0 Å². The molecule has 1 aliphatic rings. The van der Waals surface area contributed by atoms with Crippen molar-refractivity contribution >= 4 is 5.95 Å². The van der Waals surface area contributed by atoms with Gasteiger partial charge in [-0.25, -0.2) is 19.3 Å². The number of aromatic nitrogens is 4. The minimum absolute atomic E-state index is 0.0934. The molecule has 1 aliphatic carbocycles. The molecule has 3 heterocycles. The SMILES string of the molecule is NC1CCC(Nc2ncc(F)c(-c3cccc(-n4ccccc4=O)n3)n2)CC1. The number of nitrogens with one attached hydrogen (secondary N) is 1. The predicted octanol–water partition coefficient (Wildman–Crippen LogP) is 2.51. The zero-order valence-electron chi connectivity index (χ0n) is 15.3. The Bertz CT molecular complexity index is 1030. The maximum Gasteiger partial charge on any atom is 0.256 e. The fourth-order valence-corrected chi connectivity index (χ4v) is 3.37. The molecule has 1 fully saturated rings. The van der Waals surface area contributed by atoms with Crippen LogP contribution in [-0.2, 0) is 0 Å². The van der Waals surface area contributed by atoms with Crippen molar-refractivity contribution in [2.45, 2.75) is 37.8 Å². The summed E-state index contributed by atoms with van der Waals surface area (Å²) in [6, 6.07) is 10.4. The zero-order valence-corrected chi connectivity index (χ0v) is 15.3. The molecule has 0 amide bonds. The van der Waals surface area contributed by atoms with Crippen LogP contribution in [0.1, 0.15) is 25.7 Å². The molecule has 0 atom stereocenters. The molecular weight excluding hydrogens is 359 g/mol. The van der Waals surface area contributed by atoms with Crippen molar-refractivity contribution in [2.75, 3.05) is 5.32 Å². The lowest BCUT2D eigenvalue weighted by Crippen LogP contribution is -2.33. The highest BCUT2D eigenvalue weighted by molar-refractivity contribution is 5.57. The smallest absolute Gasteiger partial charge is 0.256 e. The molecule has 8 heteroatoms. The normalized spacial score (nSPS) is 19.4. The van der Waals surface area contributed by atoms with Crippen LogP contribution in [0.5, 0.6) is 0 Å². The van der Waals surface area contributed by atoms with Crippen LogP contribution in [0.2, 0.25) is 0 Å². The van der Waals surface area contributed by atoms with Gasteiger partial charge in [-0.3, -0.25) is 9.36 Å². The molecule has 0 unspecified atom stereocenters. The lowest BCUT2D eigenvalue weighted by molar-refractivity contribution is 0.409. The van der Waals surface area contributed by atoms with Gasteiger partial charge in [0.15, 0.2) is 5.82 Å². The van der Waals surface area contributed by atoms with Gasteiger partial charge in [0.05, 0.1) is 11.9 Å². The number of halogens is 1. The summed E-state index contributed by atoms with van der Waals surface area (Å²) < 4.78 is 15.8. The molecule has 0 aromatic carbocycles. The Morgan fingerprint density at radius 1 is 1.07 bits per heavy atom. The van der Waals surface area contributed by atoms with Crippen LogP contribution in [0.3, 0.4) is 0 Å². The van der Waals surface area contributed by atoms with Gasteiger partial charge in [0.1, 0.15) is 11.5 Å². The number of hydrogen-bond donors (Lipinski definition) is 2. The molecule has 0 bridgehead atoms. The summed E-state index contributed by atoms with van der Waals surface area (Å²) >= 11 is 0. The maximum absolute atomic E-state index is 14.4. The Hall–Kier alpha value is -3.13. The summed E-state index contributed by atoms with van der Waals surface area (Å²) in [5.74, 6) is 0.194. The van der Waals surface area contributed by atoms with Crippen LogP contribution in [0.4, 0.5) is 10.3 Å². The number of rotatable bonds is 4. The van der Waals surface area contributed by atoms with Crippen molar-refractivity contribution in [1.29, 1.82) is 0 Å². The number of hydrogen-bond acceptors (Lipinski definition) is 6. The second kappa shape index (κ2) is 7.85. The standard InChI is InChI=1S/C20H21FN6O/c21-15-12-23-20(24-14-9-7-13(22)8-10-14)26-19(15)16-4-3-5-17(25-16)27-11-2-1-6-18(27)28/h1-6,11-14H,7-10,22H2,(H,23,24,26). The second-order valence-electron chi connectivity index (χ2n) is 6.94. The van der Waals surface area contributed by atoms with E-state index in [0.29, 0.717) is 17.5 Å². The maximum atomic E-state index is 14.4. The Balaban J connectivity index is 1.63. The van der Waals surface area contributed by atoms with Gasteiger partial charge in [0.25, 0.3) is 5.56 Å². The van der Waals surface area contributed by atoms with E-state index in [2.05, 4.69) is 20.3 Å². The molecule has 0 spiro atoms. The summed E-state index contributed by atoms with van der Waals surface area (Å²) in [6.45, 7) is 0. The van der Waals surface area contributed by atoms with E-state index in [4.69, 9.17) is 5.73 Å². The average Bonchev–Trinajstić information content (AvgIpc) is 2.71. The molecule has 0 saturated heterocycles. The Kier molecular flexibility index (Phi) is 5.12. The first-order valence-corrected chi connectivity index (χ1v) is 9.30. The second-order valence-corrected chi connectivity index (χ2v) is 6.94. The van der Waals surface area contributed by atoms with E-state index in [1.54, 1.807) is 36.5 Å². The molecule has 3 aromatic rings. The van der Waals surface area contributed by atoms with Crippen LogP contribution in [0.15, 0.2) is 53.6 Å². The third-order valence-electron chi connectivity index (χ3n) is 4.90. The summed E-state index contributed by atoms with van der Waals surface area (Å²) in [4.78, 5) is 24.9. The van der Waals surface area contributed by atoms with E-state index >= 15 is 0 Å². The first-order chi connectivity index (χ1) is 13.6. The van der Waals surface area contributed by atoms with Gasteiger partial charge in [0, 0.05) is 24.3 Å². The van der Waals surface area contributed by atoms with Crippen LogP contribution in [-0.4, -0.2) is 31.6 Å². The third-order valence-corrected chi connectivity index (χ3v) is 4.90. The first-order valence-electron chi connectivity index (χ1n) is 9.30. The molecule has 7 nitrogen and oxygen atoms in total. The molecule has 0 radical (unpaired) electrons. The van der Waals surface area contributed by atoms with Gasteiger partial charge >= 0.3 is 0 Å². The number of pyridine rings is 2. The van der Waals surface area contributed by atoms with E-state index in [0.717, 1.165) is 31.9 Å². The average molecular weight is 380 g/mol. The minimum Gasteiger partial charge on any atom is -0.351 e. The first kappa shape index (κ1) is 18.2. The molecule has 28 heavy (non-hydrogen) atoms. The highest BCUT2D eigenvalue weighted by Gasteiger charge is 2.20. The number of nitrogens with two attached hydrogens (primary N) is 1. The molecule has 0 aliphatic heterocycles. The van der Waals surface area contributed by atoms with Crippen LogP contribution in [0, 0.1) is 5.82 Å². The van der Waals surface area contributed by atoms with Crippen molar-refractivity contribution < 1.29 is 4.39 Å². The van der Waals surface area contributed by atoms with Crippen molar-refractivity contribution in [2.24, 2.45) is 5.73 Å². The molecule has 1 saturated carbocycles. The minimum atomic E-state index is -0.568. The molecule has 4 rings (SSSR count). The van der Waals surface area contributed by atoms with Crippen molar-refractivity contribution in [1.82, 2.24) is 19.5 Å². The molecule has 3 N–H and O–H groups in total. The molecule has 3 aromatic heterocycles. The van der Waals surface area contributed by atoms with Gasteiger partial charge in [0.2, 0.25) is 5.95 Å². The summed E-state index contributed by atoms with van der Waals surface area (Å²) in [6.07, 6.45) is 6.51. The third kappa shape index (κ3) is 3.91. The lowest BCUT2D eigenvalue weighted by atomic mass is 9.92.